The highest BCUT2D eigenvalue weighted by molar-refractivity contribution is 6.05. The van der Waals surface area contributed by atoms with E-state index in [1.807, 2.05) is 6.08 Å². The molecule has 2 heterocycles. The lowest BCUT2D eigenvalue weighted by Crippen LogP contribution is -2.12. The molecule has 1 aromatic heterocycles. The van der Waals surface area contributed by atoms with Crippen LogP contribution in [0.4, 0.5) is 0 Å². The van der Waals surface area contributed by atoms with E-state index in [4.69, 9.17) is 4.74 Å². The number of carbonyl (C=O) groups excluding carboxylic acids is 1. The minimum atomic E-state index is -0.160. The van der Waals surface area contributed by atoms with Crippen LogP contribution >= 0.6 is 0 Å². The number of nitrogens with zero attached hydrogens (tertiary/aromatic N) is 2. The normalized spacial score (nSPS) is 15.6. The van der Waals surface area contributed by atoms with Gasteiger partial charge in [-0.2, -0.15) is 0 Å². The molecule has 0 aliphatic carbocycles. The minimum Gasteiger partial charge on any atom is -0.490 e. The largest absolute Gasteiger partial charge is 0.490 e. The topological polar surface area (TPSA) is 52.1 Å². The van der Waals surface area contributed by atoms with Crippen molar-refractivity contribution >= 4 is 5.78 Å². The second kappa shape index (κ2) is 4.00. The summed E-state index contributed by atoms with van der Waals surface area (Å²) < 4.78 is 5.25. The summed E-state index contributed by atoms with van der Waals surface area (Å²) in [4.78, 5) is 19.3. The molecule has 14 heavy (non-hydrogen) atoms. The van der Waals surface area contributed by atoms with E-state index < -0.39 is 0 Å². The molecule has 0 saturated heterocycles. The predicted octanol–water partition coefficient (Wildman–Crippen LogP) is 1.35. The molecule has 0 aromatic carbocycles. The highest BCUT2D eigenvalue weighted by Crippen LogP contribution is 2.13. The number of aromatic nitrogens is 2. The van der Waals surface area contributed by atoms with E-state index in [0.29, 0.717) is 18.1 Å². The summed E-state index contributed by atoms with van der Waals surface area (Å²) in [6.45, 7) is 0.614. The molecule has 1 aromatic rings. The van der Waals surface area contributed by atoms with Crippen molar-refractivity contribution in [3.05, 3.63) is 36.1 Å². The van der Waals surface area contributed by atoms with Gasteiger partial charge < -0.3 is 4.74 Å². The van der Waals surface area contributed by atoms with Crippen LogP contribution in [0.2, 0.25) is 0 Å². The lowest BCUT2D eigenvalue weighted by atomic mass is 10.1. The van der Waals surface area contributed by atoms with Crippen LogP contribution in [-0.4, -0.2) is 22.4 Å². The molecular weight excluding hydrogens is 180 g/mol. The first-order chi connectivity index (χ1) is 6.88. The Balaban J connectivity index is 2.20. The molecule has 0 bridgehead atoms. The molecule has 0 N–H and O–H groups in total. The SMILES string of the molecule is O=C(C1=CCCCO1)c1ccncn1. The van der Waals surface area contributed by atoms with Crippen LogP contribution in [-0.2, 0) is 4.74 Å². The summed E-state index contributed by atoms with van der Waals surface area (Å²) in [5.41, 5.74) is 0.383. The standard InChI is InChI=1S/C10H10N2O2/c13-10(8-4-5-11-7-12-8)9-3-1-2-6-14-9/h3-5,7H,1-2,6H2. The Morgan fingerprint density at radius 1 is 1.50 bits per heavy atom. The summed E-state index contributed by atoms with van der Waals surface area (Å²) in [5.74, 6) is 0.252. The molecule has 1 aliphatic heterocycles. The summed E-state index contributed by atoms with van der Waals surface area (Å²) >= 11 is 0. The summed E-state index contributed by atoms with van der Waals surface area (Å²) in [6.07, 6.45) is 6.58. The van der Waals surface area contributed by atoms with Crippen molar-refractivity contribution in [3.8, 4) is 0 Å². The molecule has 0 fully saturated rings. The van der Waals surface area contributed by atoms with Crippen molar-refractivity contribution in [3.63, 3.8) is 0 Å². The van der Waals surface area contributed by atoms with E-state index in [0.717, 1.165) is 12.8 Å². The smallest absolute Gasteiger partial charge is 0.245 e. The van der Waals surface area contributed by atoms with Gasteiger partial charge in [-0.05, 0) is 25.0 Å². The van der Waals surface area contributed by atoms with Gasteiger partial charge in [0.2, 0.25) is 5.78 Å². The lowest BCUT2D eigenvalue weighted by molar-refractivity contribution is 0.0894. The highest BCUT2D eigenvalue weighted by Gasteiger charge is 2.16. The Kier molecular flexibility index (Phi) is 2.53. The zero-order valence-electron chi connectivity index (χ0n) is 7.64. The Bertz CT molecular complexity index is 360. The second-order valence-electron chi connectivity index (χ2n) is 2.98. The van der Waals surface area contributed by atoms with Crippen molar-refractivity contribution in [1.82, 2.24) is 9.97 Å². The molecule has 72 valence electrons. The average molecular weight is 190 g/mol. The number of ether oxygens (including phenoxy) is 1. The number of carbonyl (C=O) groups is 1. The van der Waals surface area contributed by atoms with E-state index in [9.17, 15) is 4.79 Å². The van der Waals surface area contributed by atoms with Crippen LogP contribution in [0.1, 0.15) is 23.3 Å². The summed E-state index contributed by atoms with van der Waals surface area (Å²) in [7, 11) is 0. The number of rotatable bonds is 2. The van der Waals surface area contributed by atoms with E-state index in [-0.39, 0.29) is 5.78 Å². The van der Waals surface area contributed by atoms with Gasteiger partial charge >= 0.3 is 0 Å². The molecule has 0 radical (unpaired) electrons. The quantitative estimate of drug-likeness (QED) is 0.660. The fourth-order valence-electron chi connectivity index (χ4n) is 1.27. The monoisotopic (exact) mass is 190 g/mol. The summed E-state index contributed by atoms with van der Waals surface area (Å²) in [5, 5.41) is 0. The summed E-state index contributed by atoms with van der Waals surface area (Å²) in [6, 6.07) is 1.58. The molecule has 0 unspecified atom stereocenters. The van der Waals surface area contributed by atoms with Crippen molar-refractivity contribution in [2.45, 2.75) is 12.8 Å². The highest BCUT2D eigenvalue weighted by atomic mass is 16.5. The van der Waals surface area contributed by atoms with Crippen LogP contribution in [0.5, 0.6) is 0 Å². The predicted molar refractivity (Wildman–Crippen MR) is 49.6 cm³/mol. The Morgan fingerprint density at radius 3 is 3.07 bits per heavy atom. The van der Waals surface area contributed by atoms with Gasteiger partial charge in [0.1, 0.15) is 12.0 Å². The van der Waals surface area contributed by atoms with Crippen molar-refractivity contribution in [2.75, 3.05) is 6.61 Å². The van der Waals surface area contributed by atoms with Crippen LogP contribution in [0.3, 0.4) is 0 Å². The van der Waals surface area contributed by atoms with Gasteiger partial charge in [0, 0.05) is 6.20 Å². The van der Waals surface area contributed by atoms with Gasteiger partial charge in [0.15, 0.2) is 5.76 Å². The van der Waals surface area contributed by atoms with Crippen LogP contribution in [0, 0.1) is 0 Å². The number of allylic oxidation sites excluding steroid dienone is 2. The fourth-order valence-corrected chi connectivity index (χ4v) is 1.27. The third kappa shape index (κ3) is 1.79. The van der Waals surface area contributed by atoms with Crippen molar-refractivity contribution < 1.29 is 9.53 Å². The van der Waals surface area contributed by atoms with Gasteiger partial charge in [-0.1, -0.05) is 0 Å². The maximum atomic E-state index is 11.7. The molecule has 4 nitrogen and oxygen atoms in total. The zero-order chi connectivity index (χ0) is 9.80. The van der Waals surface area contributed by atoms with Gasteiger partial charge in [-0.15, -0.1) is 0 Å². The van der Waals surface area contributed by atoms with E-state index in [1.54, 1.807) is 12.3 Å². The average Bonchev–Trinajstić information content (AvgIpc) is 2.30. The third-order valence-electron chi connectivity index (χ3n) is 1.97. The number of ketones is 1. The van der Waals surface area contributed by atoms with Gasteiger partial charge in [0.05, 0.1) is 6.61 Å². The first-order valence-corrected chi connectivity index (χ1v) is 4.51. The maximum Gasteiger partial charge on any atom is 0.245 e. The lowest BCUT2D eigenvalue weighted by Gasteiger charge is -2.12. The first kappa shape index (κ1) is 8.87. The number of hydrogen-bond donors (Lipinski definition) is 0. The molecule has 1 aliphatic rings. The van der Waals surface area contributed by atoms with Gasteiger partial charge in [-0.3, -0.25) is 4.79 Å². The Morgan fingerprint density at radius 2 is 2.43 bits per heavy atom. The van der Waals surface area contributed by atoms with Crippen LogP contribution in [0.15, 0.2) is 30.4 Å². The fraction of sp³-hybridized carbons (Fsp3) is 0.300. The van der Waals surface area contributed by atoms with Gasteiger partial charge in [0.25, 0.3) is 0 Å². The van der Waals surface area contributed by atoms with E-state index >= 15 is 0 Å². The number of hydrogen-bond acceptors (Lipinski definition) is 4. The molecule has 0 amide bonds. The molecule has 4 heteroatoms. The molecule has 0 saturated carbocycles. The maximum absolute atomic E-state index is 11.7. The van der Waals surface area contributed by atoms with Gasteiger partial charge in [-0.25, -0.2) is 9.97 Å². The molecular formula is C10H10N2O2. The second-order valence-corrected chi connectivity index (χ2v) is 2.98. The molecule has 0 spiro atoms. The van der Waals surface area contributed by atoms with Crippen molar-refractivity contribution in [2.24, 2.45) is 0 Å². The first-order valence-electron chi connectivity index (χ1n) is 4.51. The van der Waals surface area contributed by atoms with Crippen molar-refractivity contribution in [1.29, 1.82) is 0 Å². The third-order valence-corrected chi connectivity index (χ3v) is 1.97. The zero-order valence-corrected chi connectivity index (χ0v) is 7.64. The Labute approximate surface area is 81.6 Å². The van der Waals surface area contributed by atoms with Crippen LogP contribution < -0.4 is 0 Å². The minimum absolute atomic E-state index is 0.160. The van der Waals surface area contributed by atoms with E-state index in [2.05, 4.69) is 9.97 Å². The molecule has 2 rings (SSSR count). The van der Waals surface area contributed by atoms with E-state index in [1.165, 1.54) is 6.33 Å². The van der Waals surface area contributed by atoms with Crippen LogP contribution in [0.25, 0.3) is 0 Å². The number of Topliss-reactive ketones (excluding diaryl/α,β-unsaturated/α-hetero) is 1. The Hall–Kier alpha value is -1.71. The molecule has 0 atom stereocenters.